The van der Waals surface area contributed by atoms with Crippen molar-refractivity contribution >= 4 is 33.3 Å². The average Bonchev–Trinajstić information content (AvgIpc) is 2.02. The van der Waals surface area contributed by atoms with E-state index in [1.54, 1.807) is 12.1 Å². The summed E-state index contributed by atoms with van der Waals surface area (Å²) in [5.41, 5.74) is 0.956. The highest BCUT2D eigenvalue weighted by molar-refractivity contribution is 7.86. The first-order valence-electron chi connectivity index (χ1n) is 3.70. The SMILES string of the molecule is Cc1ccc(S(=O)(=O)OC(Cl)Cl)cc1.O. The second-order valence-electron chi connectivity index (χ2n) is 2.62. The lowest BCUT2D eigenvalue weighted by molar-refractivity contribution is 0.350. The monoisotopic (exact) mass is 272 g/mol. The normalized spacial score (nSPS) is 11.2. The number of benzene rings is 1. The van der Waals surface area contributed by atoms with E-state index in [1.165, 1.54) is 12.1 Å². The lowest BCUT2D eigenvalue weighted by atomic mass is 10.2. The maximum absolute atomic E-state index is 11.4. The van der Waals surface area contributed by atoms with Crippen molar-refractivity contribution in [2.75, 3.05) is 0 Å². The van der Waals surface area contributed by atoms with Crippen LogP contribution >= 0.6 is 23.2 Å². The van der Waals surface area contributed by atoms with Gasteiger partial charge in [0.15, 0.2) is 0 Å². The van der Waals surface area contributed by atoms with Gasteiger partial charge in [0, 0.05) is 0 Å². The van der Waals surface area contributed by atoms with Crippen LogP contribution in [0.3, 0.4) is 0 Å². The van der Waals surface area contributed by atoms with Crippen molar-refractivity contribution in [2.45, 2.75) is 16.8 Å². The molecule has 0 aromatic heterocycles. The van der Waals surface area contributed by atoms with Crippen LogP contribution in [0.5, 0.6) is 0 Å². The largest absolute Gasteiger partial charge is 0.412 e. The summed E-state index contributed by atoms with van der Waals surface area (Å²) < 4.78 is 27.1. The number of rotatable bonds is 3. The van der Waals surface area contributed by atoms with Crippen LogP contribution in [0.4, 0.5) is 0 Å². The molecule has 0 bridgehead atoms. The van der Waals surface area contributed by atoms with E-state index < -0.39 is 15.1 Å². The highest BCUT2D eigenvalue weighted by Crippen LogP contribution is 2.17. The second-order valence-corrected chi connectivity index (χ2v) is 5.21. The highest BCUT2D eigenvalue weighted by Gasteiger charge is 2.18. The molecule has 2 N–H and O–H groups in total. The molecule has 1 aromatic rings. The molecule has 0 aliphatic heterocycles. The molecule has 0 atom stereocenters. The summed E-state index contributed by atoms with van der Waals surface area (Å²) in [6.07, 6.45) is 0. The van der Waals surface area contributed by atoms with E-state index in [2.05, 4.69) is 4.18 Å². The maximum Gasteiger partial charge on any atom is 0.299 e. The molecule has 0 radical (unpaired) electrons. The van der Waals surface area contributed by atoms with Gasteiger partial charge in [0.1, 0.15) is 0 Å². The van der Waals surface area contributed by atoms with Crippen LogP contribution < -0.4 is 0 Å². The fraction of sp³-hybridized carbons (Fsp3) is 0.250. The molecule has 0 fully saturated rings. The molecule has 0 saturated heterocycles. The second kappa shape index (κ2) is 5.67. The van der Waals surface area contributed by atoms with Gasteiger partial charge in [0.25, 0.3) is 10.1 Å². The third-order valence-corrected chi connectivity index (χ3v) is 3.19. The summed E-state index contributed by atoms with van der Waals surface area (Å²) in [6.45, 7) is 1.85. The van der Waals surface area contributed by atoms with E-state index in [0.29, 0.717) is 0 Å². The molecule has 0 aliphatic rings. The Morgan fingerprint density at radius 2 is 1.67 bits per heavy atom. The smallest absolute Gasteiger partial charge is 0.299 e. The molecule has 0 saturated carbocycles. The predicted octanol–water partition coefficient (Wildman–Crippen LogP) is 1.64. The Morgan fingerprint density at radius 1 is 1.20 bits per heavy atom. The Labute approximate surface area is 98.2 Å². The Balaban J connectivity index is 0.00000196. The van der Waals surface area contributed by atoms with Gasteiger partial charge in [0.2, 0.25) is 5.02 Å². The average molecular weight is 273 g/mol. The minimum absolute atomic E-state index is 0. The van der Waals surface area contributed by atoms with Crippen molar-refractivity contribution in [2.24, 2.45) is 0 Å². The van der Waals surface area contributed by atoms with E-state index in [0.717, 1.165) is 5.56 Å². The van der Waals surface area contributed by atoms with E-state index in [9.17, 15) is 8.42 Å². The molecule has 7 heteroatoms. The van der Waals surface area contributed by atoms with Crippen LogP contribution in [0.15, 0.2) is 29.2 Å². The molecular weight excluding hydrogens is 263 g/mol. The first-order chi connectivity index (χ1) is 6.42. The Morgan fingerprint density at radius 3 is 2.07 bits per heavy atom. The maximum atomic E-state index is 11.4. The minimum Gasteiger partial charge on any atom is -0.412 e. The quantitative estimate of drug-likeness (QED) is 0.620. The third kappa shape index (κ3) is 4.36. The van der Waals surface area contributed by atoms with Crippen molar-refractivity contribution in [3.8, 4) is 0 Å². The van der Waals surface area contributed by atoms with Crippen LogP contribution in [0.25, 0.3) is 0 Å². The van der Waals surface area contributed by atoms with Gasteiger partial charge in [-0.05, 0) is 19.1 Å². The summed E-state index contributed by atoms with van der Waals surface area (Å²) in [6, 6.07) is 6.18. The molecule has 0 spiro atoms. The zero-order valence-corrected chi connectivity index (χ0v) is 10.1. The molecule has 86 valence electrons. The lowest BCUT2D eigenvalue weighted by Gasteiger charge is -2.05. The predicted molar refractivity (Wildman–Crippen MR) is 58.6 cm³/mol. The standard InChI is InChI=1S/C8H8Cl2O3S.H2O/c1-6-2-4-7(5-3-6)14(11,12)13-8(9)10;/h2-5,8H,1H3;1H2. The zero-order valence-electron chi connectivity index (χ0n) is 7.78. The third-order valence-electron chi connectivity index (χ3n) is 1.51. The van der Waals surface area contributed by atoms with Gasteiger partial charge in [-0.2, -0.15) is 8.42 Å². The van der Waals surface area contributed by atoms with E-state index in [1.807, 2.05) is 6.92 Å². The first-order valence-corrected chi connectivity index (χ1v) is 5.98. The van der Waals surface area contributed by atoms with Crippen molar-refractivity contribution in [3.05, 3.63) is 29.8 Å². The molecule has 0 aliphatic carbocycles. The molecule has 0 unspecified atom stereocenters. The number of alkyl halides is 2. The van der Waals surface area contributed by atoms with Gasteiger partial charge in [-0.15, -0.1) is 0 Å². The fourth-order valence-corrected chi connectivity index (χ4v) is 2.20. The van der Waals surface area contributed by atoms with E-state index in [-0.39, 0.29) is 10.4 Å². The molecule has 0 amide bonds. The van der Waals surface area contributed by atoms with Crippen LogP contribution in [-0.4, -0.2) is 18.9 Å². The van der Waals surface area contributed by atoms with Crippen LogP contribution in [0.1, 0.15) is 5.56 Å². The lowest BCUT2D eigenvalue weighted by Crippen LogP contribution is -2.09. The molecule has 1 rings (SSSR count). The summed E-state index contributed by atoms with van der Waals surface area (Å²) >= 11 is 10.4. The van der Waals surface area contributed by atoms with Gasteiger partial charge >= 0.3 is 0 Å². The van der Waals surface area contributed by atoms with Crippen LogP contribution in [0.2, 0.25) is 0 Å². The van der Waals surface area contributed by atoms with E-state index in [4.69, 9.17) is 23.2 Å². The molecule has 0 heterocycles. The van der Waals surface area contributed by atoms with Crippen molar-refractivity contribution < 1.29 is 18.1 Å². The van der Waals surface area contributed by atoms with Gasteiger partial charge in [0.05, 0.1) is 4.90 Å². The van der Waals surface area contributed by atoms with Gasteiger partial charge in [-0.1, -0.05) is 40.9 Å². The Kier molecular flexibility index (Phi) is 5.55. The van der Waals surface area contributed by atoms with Gasteiger partial charge in [-0.25, -0.2) is 4.18 Å². The highest BCUT2D eigenvalue weighted by atomic mass is 35.5. The fourth-order valence-electron chi connectivity index (χ4n) is 0.856. The topological polar surface area (TPSA) is 74.9 Å². The summed E-state index contributed by atoms with van der Waals surface area (Å²) in [4.78, 5) is 0.0365. The van der Waals surface area contributed by atoms with Crippen molar-refractivity contribution in [1.82, 2.24) is 0 Å². The minimum atomic E-state index is -3.84. The van der Waals surface area contributed by atoms with Crippen molar-refractivity contribution in [1.29, 1.82) is 0 Å². The van der Waals surface area contributed by atoms with Crippen molar-refractivity contribution in [3.63, 3.8) is 0 Å². The number of aryl methyl sites for hydroxylation is 1. The number of halogens is 2. The van der Waals surface area contributed by atoms with Crippen LogP contribution in [-0.2, 0) is 14.3 Å². The number of hydrogen-bond acceptors (Lipinski definition) is 3. The molecule has 4 nitrogen and oxygen atoms in total. The molecule has 15 heavy (non-hydrogen) atoms. The van der Waals surface area contributed by atoms with E-state index >= 15 is 0 Å². The molecular formula is C8H10Cl2O4S. The Hall–Kier alpha value is -0.330. The Bertz CT molecular complexity index is 399. The summed E-state index contributed by atoms with van der Waals surface area (Å²) in [5.74, 6) is 0. The summed E-state index contributed by atoms with van der Waals surface area (Å²) in [5, 5.41) is -1.39. The van der Waals surface area contributed by atoms with Gasteiger partial charge in [-0.3, -0.25) is 0 Å². The zero-order chi connectivity index (χ0) is 10.8. The molecule has 1 aromatic carbocycles. The van der Waals surface area contributed by atoms with Gasteiger partial charge < -0.3 is 5.48 Å². The number of hydrogen-bond donors (Lipinski definition) is 0. The van der Waals surface area contributed by atoms with Crippen LogP contribution in [0, 0.1) is 6.92 Å². The summed E-state index contributed by atoms with van der Waals surface area (Å²) in [7, 11) is -3.84. The first kappa shape index (κ1) is 14.7.